The molecule has 0 saturated heterocycles. The summed E-state index contributed by atoms with van der Waals surface area (Å²) in [6.07, 6.45) is 11.1. The van der Waals surface area contributed by atoms with Crippen molar-refractivity contribution in [3.05, 3.63) is 170 Å². The van der Waals surface area contributed by atoms with Gasteiger partial charge in [0.15, 0.2) is 0 Å². The van der Waals surface area contributed by atoms with E-state index in [4.69, 9.17) is 0 Å². The Kier molecular flexibility index (Phi) is 14.0. The van der Waals surface area contributed by atoms with Crippen LogP contribution in [0.4, 0.5) is 0 Å². The van der Waals surface area contributed by atoms with Crippen molar-refractivity contribution in [2.75, 3.05) is 0 Å². The Morgan fingerprint density at radius 1 is 0.472 bits per heavy atom. The Bertz CT molecular complexity index is 2960. The predicted molar refractivity (Wildman–Crippen MR) is 320 cm³/mol. The molecule has 4 heteroatoms. The topological polar surface area (TPSA) is 0 Å². The van der Waals surface area contributed by atoms with Gasteiger partial charge >= 0.3 is 450 Å². The van der Waals surface area contributed by atoms with Gasteiger partial charge in [0.2, 0.25) is 0 Å². The molecule has 2 atom stereocenters. The third-order valence-corrected chi connectivity index (χ3v) is 39.7. The molecule has 0 radical (unpaired) electrons. The number of hydrogen-bond acceptors (Lipinski definition) is 0. The Hall–Kier alpha value is -3.52. The van der Waals surface area contributed by atoms with Crippen LogP contribution in [0.5, 0.6) is 0 Å². The van der Waals surface area contributed by atoms with Crippen LogP contribution in [0, 0.1) is 0 Å². The fourth-order valence-electron chi connectivity index (χ4n) is 13.0. The average molecular weight is 1090 g/mol. The van der Waals surface area contributed by atoms with Gasteiger partial charge in [0, 0.05) is 0 Å². The number of aryl methyl sites for hydroxylation is 2. The Balaban J connectivity index is 1.40. The minimum atomic E-state index is -5.81. The van der Waals surface area contributed by atoms with E-state index in [1.165, 1.54) is 114 Å². The molecule has 2 aliphatic carbocycles. The van der Waals surface area contributed by atoms with Gasteiger partial charge in [-0.05, 0) is 0 Å². The van der Waals surface area contributed by atoms with Gasteiger partial charge in [-0.25, -0.2) is 0 Å². The number of hydrogen-bond donors (Lipinski definition) is 0. The molecule has 1 heterocycles. The van der Waals surface area contributed by atoms with Gasteiger partial charge in [-0.2, -0.15) is 0 Å². The third-order valence-electron chi connectivity index (χ3n) is 16.9. The van der Waals surface area contributed by atoms with Crippen LogP contribution < -0.4 is 13.6 Å². The van der Waals surface area contributed by atoms with Gasteiger partial charge in [0.1, 0.15) is 0 Å². The Labute approximate surface area is 446 Å². The van der Waals surface area contributed by atoms with Gasteiger partial charge in [0.25, 0.3) is 0 Å². The summed E-state index contributed by atoms with van der Waals surface area (Å²) in [6.45, 7) is 37.7. The predicted octanol–water partition coefficient (Wildman–Crippen LogP) is 17.9. The third kappa shape index (κ3) is 9.05. The fourth-order valence-corrected chi connectivity index (χ4v) is 41.0. The molecule has 377 valence electrons. The molecule has 0 aromatic heterocycles. The van der Waals surface area contributed by atoms with E-state index in [0.29, 0.717) is 0 Å². The monoisotopic (exact) mass is 1090 g/mol. The SMILES string of the molecule is CCCC1=Cc2c(ccc(CC)c2-c2cc(C(C)(C)C)cc(C(C)(C)C)c2)[CH]1[Zr]([Cl])([Cl])([c]1cccc2c1[SiH2]c1ccccc1-2)[CH]1C(CCC)=Cc2c1ccc(CC)c2-c1cc(C(C)(C)C)cc(C(C)(C)C)c1. The second-order valence-electron chi connectivity index (χ2n) is 26.1. The summed E-state index contributed by atoms with van der Waals surface area (Å²) in [5.74, 6) is 0. The standard InChI is InChI=1S/2C28H37.C12H9Si.2ClH.Zr/c2*1-9-11-19-14-21-13-12-20(10-2)26(25(21)15-19)22-16-23(27(3,4)5)18-24(17-22)28(6,7)8;1-3-7-11-9(5-1)10-6-2-4-8-12(10)13-11;;;/h2*12-18H,9-11H2,1-8H3;1-7H,13H2;2*1H;/q;;;;;+2/p-2. The molecule has 0 bridgehead atoms. The van der Waals surface area contributed by atoms with E-state index in [2.05, 4.69) is 226 Å². The molecule has 9 rings (SSSR count). The zero-order valence-corrected chi connectivity index (χ0v) is 52.2. The van der Waals surface area contributed by atoms with Crippen LogP contribution in [0.1, 0.15) is 199 Å². The normalized spacial score (nSPS) is 17.6. The summed E-state index contributed by atoms with van der Waals surface area (Å²) in [7, 11) is 18.4. The van der Waals surface area contributed by atoms with Crippen LogP contribution in [-0.2, 0) is 50.9 Å². The van der Waals surface area contributed by atoms with Crippen molar-refractivity contribution in [2.24, 2.45) is 0 Å². The van der Waals surface area contributed by atoms with Gasteiger partial charge in [-0.15, -0.1) is 0 Å². The summed E-state index contributed by atoms with van der Waals surface area (Å²) in [4.78, 5) is 0. The number of halogens is 2. The van der Waals surface area contributed by atoms with Gasteiger partial charge in [-0.3, -0.25) is 0 Å². The van der Waals surface area contributed by atoms with Gasteiger partial charge in [-0.1, -0.05) is 0 Å². The van der Waals surface area contributed by atoms with Crippen molar-refractivity contribution >= 4 is 52.3 Å². The molecule has 0 nitrogen and oxygen atoms in total. The van der Waals surface area contributed by atoms with Gasteiger partial charge in [0.05, 0.1) is 0 Å². The number of benzene rings is 6. The zero-order valence-electron chi connectivity index (χ0n) is 46.8. The van der Waals surface area contributed by atoms with E-state index >= 15 is 0 Å². The number of allylic oxidation sites excluding steroid dienone is 2. The summed E-state index contributed by atoms with van der Waals surface area (Å²) < 4.78 is 1.08. The molecule has 0 saturated carbocycles. The number of rotatable bonds is 11. The number of fused-ring (bicyclic) bond motifs is 5. The Morgan fingerprint density at radius 2 is 0.875 bits per heavy atom. The maximum atomic E-state index is 9.68. The van der Waals surface area contributed by atoms with E-state index in [-0.39, 0.29) is 28.9 Å². The molecule has 0 N–H and O–H groups in total. The van der Waals surface area contributed by atoms with Crippen LogP contribution in [0.15, 0.2) is 114 Å². The molecular weight excluding hydrogens is 1010 g/mol. The van der Waals surface area contributed by atoms with Crippen LogP contribution >= 0.6 is 17.0 Å². The molecule has 6 aromatic carbocycles. The van der Waals surface area contributed by atoms with Crippen molar-refractivity contribution < 1.29 is 16.4 Å². The molecule has 6 aromatic rings. The summed E-state index contributed by atoms with van der Waals surface area (Å²) >= 11 is -5.81. The van der Waals surface area contributed by atoms with E-state index < -0.39 is 25.9 Å². The second kappa shape index (κ2) is 18.9. The summed E-state index contributed by atoms with van der Waals surface area (Å²) in [5.41, 5.74) is 24.6. The fraction of sp³-hybridized carbons (Fsp3) is 0.412. The summed E-state index contributed by atoms with van der Waals surface area (Å²) in [5, 5.41) is 2.99. The quantitative estimate of drug-likeness (QED) is 0.113. The first-order valence-corrected chi connectivity index (χ1v) is 39.4. The van der Waals surface area contributed by atoms with Gasteiger partial charge < -0.3 is 0 Å². The maximum absolute atomic E-state index is 9.68. The van der Waals surface area contributed by atoms with Crippen LogP contribution in [0.2, 0.25) is 0 Å². The molecule has 0 amide bonds. The van der Waals surface area contributed by atoms with E-state index in [9.17, 15) is 17.0 Å². The summed E-state index contributed by atoms with van der Waals surface area (Å²) in [6, 6.07) is 41.2. The van der Waals surface area contributed by atoms with Crippen LogP contribution in [-0.4, -0.2) is 9.52 Å². The van der Waals surface area contributed by atoms with Crippen molar-refractivity contribution in [3.63, 3.8) is 0 Å². The molecular formula is C68H83Cl2SiZr. The zero-order chi connectivity index (χ0) is 52.1. The first-order chi connectivity index (χ1) is 33.7. The van der Waals surface area contributed by atoms with E-state index in [1.807, 2.05) is 0 Å². The molecule has 72 heavy (non-hydrogen) atoms. The first-order valence-electron chi connectivity index (χ1n) is 27.6. The second-order valence-corrected chi connectivity index (χ2v) is 48.6. The van der Waals surface area contributed by atoms with Crippen LogP contribution in [0.25, 0.3) is 45.5 Å². The van der Waals surface area contributed by atoms with E-state index in [1.54, 1.807) is 0 Å². The van der Waals surface area contributed by atoms with Crippen molar-refractivity contribution in [1.82, 2.24) is 0 Å². The first kappa shape index (κ1) is 53.3. The van der Waals surface area contributed by atoms with Crippen LogP contribution in [0.3, 0.4) is 0 Å². The van der Waals surface area contributed by atoms with Crippen molar-refractivity contribution in [2.45, 2.75) is 178 Å². The van der Waals surface area contributed by atoms with Crippen molar-refractivity contribution in [1.29, 1.82) is 0 Å². The molecule has 2 unspecified atom stereocenters. The molecule has 0 fully saturated rings. The minimum absolute atomic E-state index is 0.0140. The molecule has 1 aliphatic heterocycles. The molecule has 0 spiro atoms. The van der Waals surface area contributed by atoms with Crippen molar-refractivity contribution in [3.8, 4) is 33.4 Å². The van der Waals surface area contributed by atoms with E-state index in [0.717, 1.165) is 38.5 Å². The molecule has 3 aliphatic rings. The average Bonchev–Trinajstić information content (AvgIpc) is 4.01. The Morgan fingerprint density at radius 3 is 1.26 bits per heavy atom.